The van der Waals surface area contributed by atoms with Crippen molar-refractivity contribution in [3.8, 4) is 0 Å². The molecule has 1 N–H and O–H groups in total. The molecular weight excluding hydrogens is 200 g/mol. The fourth-order valence-corrected chi connectivity index (χ4v) is 1.95. The zero-order valence-corrected chi connectivity index (χ0v) is 9.81. The first-order chi connectivity index (χ1) is 7.59. The fraction of sp³-hybridized carbons (Fsp3) is 0.308. The summed E-state index contributed by atoms with van der Waals surface area (Å²) in [7, 11) is 0. The molecule has 3 nitrogen and oxygen atoms in total. The van der Waals surface area contributed by atoms with Gasteiger partial charge in [0, 0.05) is 5.92 Å². The van der Waals surface area contributed by atoms with Gasteiger partial charge in [-0.1, -0.05) is 25.1 Å². The maximum absolute atomic E-state index is 9.23. The highest BCUT2D eigenvalue weighted by Crippen LogP contribution is 2.26. The predicted octanol–water partition coefficient (Wildman–Crippen LogP) is 2.89. The molecule has 0 aliphatic carbocycles. The maximum Gasteiger partial charge on any atom is 0.131 e. The summed E-state index contributed by atoms with van der Waals surface area (Å²) in [5, 5.41) is 9.23. The highest BCUT2D eigenvalue weighted by atomic mass is 16.5. The zero-order valence-electron chi connectivity index (χ0n) is 9.81. The summed E-state index contributed by atoms with van der Waals surface area (Å²) in [5.74, 6) is 0.202. The molecule has 2 aromatic rings. The van der Waals surface area contributed by atoms with E-state index in [-0.39, 0.29) is 5.92 Å². The Morgan fingerprint density at radius 2 is 2.06 bits per heavy atom. The molecule has 0 aliphatic rings. The molecular formula is C13H16N2O. The summed E-state index contributed by atoms with van der Waals surface area (Å²) in [6, 6.07) is 6.28. The molecule has 84 valence electrons. The second-order valence-electron chi connectivity index (χ2n) is 4.19. The van der Waals surface area contributed by atoms with Crippen molar-refractivity contribution in [3.63, 3.8) is 0 Å². The van der Waals surface area contributed by atoms with Crippen LogP contribution in [0.1, 0.15) is 35.2 Å². The van der Waals surface area contributed by atoms with Crippen LogP contribution in [0.3, 0.4) is 0 Å². The molecule has 0 saturated carbocycles. The molecule has 16 heavy (non-hydrogen) atoms. The van der Waals surface area contributed by atoms with Crippen molar-refractivity contribution in [1.82, 2.24) is 9.71 Å². The van der Waals surface area contributed by atoms with Crippen molar-refractivity contribution >= 4 is 0 Å². The topological polar surface area (TPSA) is 38.0 Å². The van der Waals surface area contributed by atoms with E-state index in [1.807, 2.05) is 0 Å². The van der Waals surface area contributed by atoms with Gasteiger partial charge in [-0.05, 0) is 30.5 Å². The number of rotatable bonds is 2. The Bertz CT molecular complexity index is 502. The lowest BCUT2D eigenvalue weighted by molar-refractivity contribution is 0.185. The summed E-state index contributed by atoms with van der Waals surface area (Å²) in [6.07, 6.45) is 3.06. The van der Waals surface area contributed by atoms with Gasteiger partial charge in [0.25, 0.3) is 0 Å². The van der Waals surface area contributed by atoms with Gasteiger partial charge in [-0.15, -0.1) is 0 Å². The Morgan fingerprint density at radius 1 is 1.31 bits per heavy atom. The normalized spacial score (nSPS) is 12.7. The first-order valence-electron chi connectivity index (χ1n) is 5.39. The van der Waals surface area contributed by atoms with E-state index in [0.717, 1.165) is 10.4 Å². The van der Waals surface area contributed by atoms with Crippen LogP contribution in [0.4, 0.5) is 0 Å². The minimum absolute atomic E-state index is 0.202. The first-order valence-corrected chi connectivity index (χ1v) is 5.39. The highest BCUT2D eigenvalue weighted by Gasteiger charge is 2.14. The number of hydrogen-bond donors (Lipinski definition) is 1. The standard InChI is InChI=1S/C13H16N2O/c1-9-5-4-6-12(10(9)2)11(3)13-7-15(16)8-14-13/h4-8,11,16H,1-3H3/t11-/m0/s1. The van der Waals surface area contributed by atoms with E-state index in [4.69, 9.17) is 0 Å². The average molecular weight is 216 g/mol. The van der Waals surface area contributed by atoms with Crippen LogP contribution in [-0.4, -0.2) is 14.9 Å². The molecule has 1 aromatic carbocycles. The summed E-state index contributed by atoms with van der Waals surface area (Å²) >= 11 is 0. The second-order valence-corrected chi connectivity index (χ2v) is 4.19. The van der Waals surface area contributed by atoms with E-state index >= 15 is 0 Å². The Morgan fingerprint density at radius 3 is 2.69 bits per heavy atom. The Labute approximate surface area is 95.3 Å². The molecule has 0 spiro atoms. The Balaban J connectivity index is 2.41. The van der Waals surface area contributed by atoms with E-state index in [1.165, 1.54) is 23.0 Å². The van der Waals surface area contributed by atoms with Gasteiger partial charge in [-0.3, -0.25) is 0 Å². The van der Waals surface area contributed by atoms with Crippen molar-refractivity contribution in [3.05, 3.63) is 53.1 Å². The molecule has 1 atom stereocenters. The van der Waals surface area contributed by atoms with Crippen LogP contribution in [-0.2, 0) is 0 Å². The van der Waals surface area contributed by atoms with Gasteiger partial charge in [0.2, 0.25) is 0 Å². The van der Waals surface area contributed by atoms with Crippen LogP contribution in [0.25, 0.3) is 0 Å². The predicted molar refractivity (Wildman–Crippen MR) is 62.8 cm³/mol. The molecule has 0 unspecified atom stereocenters. The Kier molecular flexibility index (Phi) is 2.69. The quantitative estimate of drug-likeness (QED) is 0.784. The molecule has 1 heterocycles. The highest BCUT2D eigenvalue weighted by molar-refractivity contribution is 5.38. The number of imidazole rings is 1. The molecule has 1 aromatic heterocycles. The average Bonchev–Trinajstić information content (AvgIpc) is 2.68. The van der Waals surface area contributed by atoms with Crippen molar-refractivity contribution in [2.45, 2.75) is 26.7 Å². The minimum atomic E-state index is 0.202. The van der Waals surface area contributed by atoms with Crippen molar-refractivity contribution < 1.29 is 5.21 Å². The van der Waals surface area contributed by atoms with Crippen LogP contribution in [0.2, 0.25) is 0 Å². The fourth-order valence-electron chi connectivity index (χ4n) is 1.95. The largest absolute Gasteiger partial charge is 0.427 e. The lowest BCUT2D eigenvalue weighted by Gasteiger charge is -2.14. The summed E-state index contributed by atoms with van der Waals surface area (Å²) in [4.78, 5) is 4.18. The number of benzene rings is 1. The summed E-state index contributed by atoms with van der Waals surface area (Å²) in [5.41, 5.74) is 4.73. The van der Waals surface area contributed by atoms with Crippen LogP contribution in [0.5, 0.6) is 0 Å². The van der Waals surface area contributed by atoms with Gasteiger partial charge in [0.1, 0.15) is 6.33 Å². The third-order valence-corrected chi connectivity index (χ3v) is 3.15. The number of aryl methyl sites for hydroxylation is 1. The van der Waals surface area contributed by atoms with E-state index in [1.54, 1.807) is 6.20 Å². The molecule has 0 fully saturated rings. The maximum atomic E-state index is 9.23. The smallest absolute Gasteiger partial charge is 0.131 e. The van der Waals surface area contributed by atoms with Gasteiger partial charge in [-0.2, -0.15) is 4.73 Å². The molecule has 0 bridgehead atoms. The van der Waals surface area contributed by atoms with Gasteiger partial charge >= 0.3 is 0 Å². The molecule has 2 rings (SSSR count). The van der Waals surface area contributed by atoms with Crippen molar-refractivity contribution in [1.29, 1.82) is 0 Å². The van der Waals surface area contributed by atoms with Crippen LogP contribution < -0.4 is 0 Å². The molecule has 0 radical (unpaired) electrons. The SMILES string of the molecule is Cc1cccc([C@H](C)c2cn(O)cn2)c1C. The number of aromatic nitrogens is 2. The first kappa shape index (κ1) is 10.7. The number of nitrogens with zero attached hydrogens (tertiary/aromatic N) is 2. The minimum Gasteiger partial charge on any atom is -0.427 e. The van der Waals surface area contributed by atoms with E-state index in [0.29, 0.717) is 0 Å². The van der Waals surface area contributed by atoms with Crippen LogP contribution in [0.15, 0.2) is 30.7 Å². The van der Waals surface area contributed by atoms with E-state index < -0.39 is 0 Å². The van der Waals surface area contributed by atoms with E-state index in [2.05, 4.69) is 44.0 Å². The Hall–Kier alpha value is -1.77. The van der Waals surface area contributed by atoms with Crippen molar-refractivity contribution in [2.75, 3.05) is 0 Å². The van der Waals surface area contributed by atoms with Gasteiger partial charge in [0.05, 0.1) is 11.9 Å². The van der Waals surface area contributed by atoms with Gasteiger partial charge in [0.15, 0.2) is 0 Å². The van der Waals surface area contributed by atoms with Crippen molar-refractivity contribution in [2.24, 2.45) is 0 Å². The van der Waals surface area contributed by atoms with Crippen LogP contribution in [0, 0.1) is 13.8 Å². The van der Waals surface area contributed by atoms with Gasteiger partial charge in [-0.25, -0.2) is 4.98 Å². The summed E-state index contributed by atoms with van der Waals surface area (Å²) in [6.45, 7) is 6.33. The monoisotopic (exact) mass is 216 g/mol. The van der Waals surface area contributed by atoms with E-state index in [9.17, 15) is 5.21 Å². The van der Waals surface area contributed by atoms with Gasteiger partial charge < -0.3 is 5.21 Å². The molecule has 3 heteroatoms. The third kappa shape index (κ3) is 1.81. The zero-order chi connectivity index (χ0) is 11.7. The third-order valence-electron chi connectivity index (χ3n) is 3.15. The lowest BCUT2D eigenvalue weighted by Crippen LogP contribution is -2.00. The lowest BCUT2D eigenvalue weighted by atomic mass is 9.92. The molecule has 0 saturated heterocycles. The molecule has 0 aliphatic heterocycles. The second kappa shape index (κ2) is 4.00. The summed E-state index contributed by atoms with van der Waals surface area (Å²) < 4.78 is 0.997. The number of hydrogen-bond acceptors (Lipinski definition) is 2. The molecule has 0 amide bonds. The van der Waals surface area contributed by atoms with Crippen LogP contribution >= 0.6 is 0 Å².